The Labute approximate surface area is 139 Å². The Hall–Kier alpha value is -2.89. The fourth-order valence-electron chi connectivity index (χ4n) is 2.70. The molecule has 1 aliphatic rings. The van der Waals surface area contributed by atoms with Gasteiger partial charge in [0.2, 0.25) is 5.91 Å². The van der Waals surface area contributed by atoms with Gasteiger partial charge in [-0.25, -0.2) is 4.39 Å². The van der Waals surface area contributed by atoms with Crippen molar-refractivity contribution in [1.82, 2.24) is 5.32 Å². The molecule has 2 aromatic carbocycles. The van der Waals surface area contributed by atoms with Gasteiger partial charge < -0.3 is 15.0 Å². The van der Waals surface area contributed by atoms with Crippen molar-refractivity contribution in [3.63, 3.8) is 0 Å². The maximum Gasteiger partial charge on any atom is 0.251 e. The number of nitrogens with zero attached hydrogens (tertiary/aromatic N) is 1. The van der Waals surface area contributed by atoms with Crippen molar-refractivity contribution >= 4 is 17.5 Å². The zero-order valence-electron chi connectivity index (χ0n) is 13.2. The first-order chi connectivity index (χ1) is 11.6. The van der Waals surface area contributed by atoms with E-state index < -0.39 is 5.82 Å². The van der Waals surface area contributed by atoms with E-state index >= 15 is 0 Å². The number of halogens is 1. The number of anilines is 1. The summed E-state index contributed by atoms with van der Waals surface area (Å²) < 4.78 is 18.1. The summed E-state index contributed by atoms with van der Waals surface area (Å²) >= 11 is 0. The summed E-state index contributed by atoms with van der Waals surface area (Å²) in [6.07, 6.45) is 0.226. The molecule has 124 valence electrons. The average Bonchev–Trinajstić information content (AvgIpc) is 2.95. The topological polar surface area (TPSA) is 58.6 Å². The van der Waals surface area contributed by atoms with E-state index in [-0.39, 0.29) is 24.3 Å². The molecule has 2 aromatic rings. The lowest BCUT2D eigenvalue weighted by Crippen LogP contribution is -2.37. The van der Waals surface area contributed by atoms with Crippen LogP contribution in [-0.2, 0) is 4.79 Å². The molecule has 5 nitrogen and oxygen atoms in total. The van der Waals surface area contributed by atoms with Gasteiger partial charge in [0.25, 0.3) is 5.91 Å². The van der Waals surface area contributed by atoms with Gasteiger partial charge in [-0.1, -0.05) is 6.07 Å². The fourth-order valence-corrected chi connectivity index (χ4v) is 2.70. The Bertz CT molecular complexity index is 761. The minimum Gasteiger partial charge on any atom is -0.497 e. The zero-order valence-corrected chi connectivity index (χ0v) is 13.2. The Morgan fingerprint density at radius 2 is 2.00 bits per heavy atom. The summed E-state index contributed by atoms with van der Waals surface area (Å²) in [6.45, 7) is 0.388. The molecule has 1 fully saturated rings. The minimum atomic E-state index is -0.396. The summed E-state index contributed by atoms with van der Waals surface area (Å²) in [6, 6.07) is 12.2. The molecule has 1 atom stereocenters. The zero-order chi connectivity index (χ0) is 17.1. The molecular weight excluding hydrogens is 311 g/mol. The highest BCUT2D eigenvalue weighted by Gasteiger charge is 2.31. The minimum absolute atomic E-state index is 0.0624. The number of carbonyl (C=O) groups excluding carboxylic acids is 2. The lowest BCUT2D eigenvalue weighted by molar-refractivity contribution is -0.117. The number of carbonyl (C=O) groups is 2. The van der Waals surface area contributed by atoms with Gasteiger partial charge in [0.05, 0.1) is 13.2 Å². The van der Waals surface area contributed by atoms with Gasteiger partial charge in [-0.05, 0) is 36.4 Å². The smallest absolute Gasteiger partial charge is 0.251 e. The van der Waals surface area contributed by atoms with Gasteiger partial charge in [-0.15, -0.1) is 0 Å². The van der Waals surface area contributed by atoms with Crippen LogP contribution < -0.4 is 15.0 Å². The first-order valence-electron chi connectivity index (χ1n) is 7.57. The quantitative estimate of drug-likeness (QED) is 0.937. The monoisotopic (exact) mass is 328 g/mol. The molecule has 0 radical (unpaired) electrons. The molecule has 1 heterocycles. The normalized spacial score (nSPS) is 17.0. The number of amides is 2. The third-order valence-corrected chi connectivity index (χ3v) is 3.93. The molecule has 0 bridgehead atoms. The van der Waals surface area contributed by atoms with Crippen molar-refractivity contribution in [2.24, 2.45) is 0 Å². The van der Waals surface area contributed by atoms with E-state index in [4.69, 9.17) is 4.74 Å². The SMILES string of the molecule is COc1cccc(N2CC(NC(=O)c3ccc(F)cc3)CC2=O)c1. The maximum atomic E-state index is 12.9. The third kappa shape index (κ3) is 3.37. The van der Waals surface area contributed by atoms with Crippen LogP contribution in [-0.4, -0.2) is 31.5 Å². The molecule has 0 aromatic heterocycles. The molecule has 1 unspecified atom stereocenters. The number of nitrogens with one attached hydrogen (secondary N) is 1. The van der Waals surface area contributed by atoms with Gasteiger partial charge in [0.15, 0.2) is 0 Å². The Morgan fingerprint density at radius 1 is 1.25 bits per heavy atom. The predicted octanol–water partition coefficient (Wildman–Crippen LogP) is 2.37. The Kier molecular flexibility index (Phi) is 4.46. The highest BCUT2D eigenvalue weighted by molar-refractivity contribution is 5.99. The molecule has 0 spiro atoms. The van der Waals surface area contributed by atoms with Gasteiger partial charge in [-0.3, -0.25) is 9.59 Å². The van der Waals surface area contributed by atoms with E-state index in [1.807, 2.05) is 12.1 Å². The second-order valence-corrected chi connectivity index (χ2v) is 5.59. The molecule has 24 heavy (non-hydrogen) atoms. The second-order valence-electron chi connectivity index (χ2n) is 5.59. The van der Waals surface area contributed by atoms with Gasteiger partial charge in [-0.2, -0.15) is 0 Å². The average molecular weight is 328 g/mol. The highest BCUT2D eigenvalue weighted by Crippen LogP contribution is 2.25. The third-order valence-electron chi connectivity index (χ3n) is 3.93. The van der Waals surface area contributed by atoms with Crippen LogP contribution in [0.3, 0.4) is 0 Å². The highest BCUT2D eigenvalue weighted by atomic mass is 19.1. The molecule has 0 saturated carbocycles. The Balaban J connectivity index is 1.68. The van der Waals surface area contributed by atoms with Crippen LogP contribution in [0.5, 0.6) is 5.75 Å². The van der Waals surface area contributed by atoms with E-state index in [2.05, 4.69) is 5.32 Å². The van der Waals surface area contributed by atoms with Crippen molar-refractivity contribution in [3.8, 4) is 5.75 Å². The van der Waals surface area contributed by atoms with Crippen LogP contribution in [0.2, 0.25) is 0 Å². The van der Waals surface area contributed by atoms with Crippen molar-refractivity contribution in [2.75, 3.05) is 18.6 Å². The van der Waals surface area contributed by atoms with Crippen LogP contribution in [0, 0.1) is 5.82 Å². The predicted molar refractivity (Wildman–Crippen MR) is 87.6 cm³/mol. The lowest BCUT2D eigenvalue weighted by Gasteiger charge is -2.18. The molecule has 3 rings (SSSR count). The van der Waals surface area contributed by atoms with Crippen molar-refractivity contribution < 1.29 is 18.7 Å². The van der Waals surface area contributed by atoms with E-state index in [1.54, 1.807) is 24.1 Å². The first-order valence-corrected chi connectivity index (χ1v) is 7.57. The van der Waals surface area contributed by atoms with E-state index in [0.717, 1.165) is 5.69 Å². The summed E-state index contributed by atoms with van der Waals surface area (Å²) in [5, 5.41) is 2.82. The first kappa shape index (κ1) is 16.0. The maximum absolute atomic E-state index is 12.9. The molecule has 6 heteroatoms. The molecule has 1 aliphatic heterocycles. The van der Waals surface area contributed by atoms with E-state index in [0.29, 0.717) is 17.9 Å². The van der Waals surface area contributed by atoms with Crippen molar-refractivity contribution in [1.29, 1.82) is 0 Å². The largest absolute Gasteiger partial charge is 0.497 e. The Morgan fingerprint density at radius 3 is 2.71 bits per heavy atom. The number of hydrogen-bond donors (Lipinski definition) is 1. The van der Waals surface area contributed by atoms with Gasteiger partial charge in [0.1, 0.15) is 11.6 Å². The van der Waals surface area contributed by atoms with Gasteiger partial charge in [0, 0.05) is 30.3 Å². The molecule has 0 aliphatic carbocycles. The van der Waals surface area contributed by atoms with Crippen molar-refractivity contribution in [2.45, 2.75) is 12.5 Å². The molecule has 1 saturated heterocycles. The van der Waals surface area contributed by atoms with E-state index in [1.165, 1.54) is 24.3 Å². The summed E-state index contributed by atoms with van der Waals surface area (Å²) in [7, 11) is 1.57. The van der Waals surface area contributed by atoms with Crippen LogP contribution in [0.15, 0.2) is 48.5 Å². The fraction of sp³-hybridized carbons (Fsp3) is 0.222. The molecule has 1 N–H and O–H groups in total. The summed E-state index contributed by atoms with van der Waals surface area (Å²) in [5.41, 5.74) is 1.10. The molecule has 2 amide bonds. The number of rotatable bonds is 4. The summed E-state index contributed by atoms with van der Waals surface area (Å²) in [5.74, 6) is -0.112. The van der Waals surface area contributed by atoms with Crippen LogP contribution in [0.25, 0.3) is 0 Å². The second kappa shape index (κ2) is 6.70. The van der Waals surface area contributed by atoms with Gasteiger partial charge >= 0.3 is 0 Å². The number of benzene rings is 2. The molecular formula is C18H17FN2O3. The summed E-state index contributed by atoms with van der Waals surface area (Å²) in [4.78, 5) is 26.0. The van der Waals surface area contributed by atoms with Crippen molar-refractivity contribution in [3.05, 3.63) is 59.9 Å². The van der Waals surface area contributed by atoms with E-state index in [9.17, 15) is 14.0 Å². The van der Waals surface area contributed by atoms with Crippen LogP contribution in [0.1, 0.15) is 16.8 Å². The number of hydrogen-bond acceptors (Lipinski definition) is 3. The number of methoxy groups -OCH3 is 1. The van der Waals surface area contributed by atoms with Crippen LogP contribution in [0.4, 0.5) is 10.1 Å². The lowest BCUT2D eigenvalue weighted by atomic mass is 10.2. The van der Waals surface area contributed by atoms with Crippen LogP contribution >= 0.6 is 0 Å². The number of ether oxygens (including phenoxy) is 1. The standard InChI is InChI=1S/C18H17FN2O3/c1-24-16-4-2-3-15(10-16)21-11-14(9-17(21)22)20-18(23)12-5-7-13(19)8-6-12/h2-8,10,14H,9,11H2,1H3,(H,20,23).